The van der Waals surface area contributed by atoms with Gasteiger partial charge in [0.25, 0.3) is 0 Å². The normalized spacial score (nSPS) is 10.8. The molecule has 0 bridgehead atoms. The molecule has 0 fully saturated rings. The summed E-state index contributed by atoms with van der Waals surface area (Å²) in [5.74, 6) is 0. The largest absolute Gasteiger partial charge is 0.380 e. The van der Waals surface area contributed by atoms with Gasteiger partial charge in [-0.2, -0.15) is 0 Å². The van der Waals surface area contributed by atoms with Gasteiger partial charge in [-0.25, -0.2) is 0 Å². The average molecular weight is 291 g/mol. The molecule has 2 nitrogen and oxygen atoms in total. The maximum atomic E-state index is 6.15. The lowest BCUT2D eigenvalue weighted by Crippen LogP contribution is -1.99. The summed E-state index contributed by atoms with van der Waals surface area (Å²) in [4.78, 5) is 3.25. The number of H-pyrrole nitrogens is 1. The summed E-state index contributed by atoms with van der Waals surface area (Å²) in [5, 5.41) is 5.65. The van der Waals surface area contributed by atoms with Gasteiger partial charge in [-0.05, 0) is 23.8 Å². The van der Waals surface area contributed by atoms with E-state index < -0.39 is 0 Å². The van der Waals surface area contributed by atoms with Crippen molar-refractivity contribution in [3.05, 3.63) is 64.3 Å². The highest BCUT2D eigenvalue weighted by Gasteiger charge is 2.06. The molecular weight excluding hydrogens is 279 g/mol. The minimum absolute atomic E-state index is 0.559. The Labute approximate surface area is 121 Å². The van der Waals surface area contributed by atoms with Crippen LogP contribution in [-0.2, 0) is 6.54 Å². The van der Waals surface area contributed by atoms with Crippen LogP contribution in [0.4, 0.5) is 5.69 Å². The Balaban J connectivity index is 1.84. The van der Waals surface area contributed by atoms with Crippen molar-refractivity contribution >= 4 is 39.8 Å². The summed E-state index contributed by atoms with van der Waals surface area (Å²) in [6.07, 6.45) is 2.01. The van der Waals surface area contributed by atoms with E-state index in [1.54, 1.807) is 6.07 Å². The number of aromatic amines is 1. The maximum Gasteiger partial charge on any atom is 0.0823 e. The SMILES string of the molecule is Clc1cccc(NCc2c[nH]c3ccccc23)c1Cl. The van der Waals surface area contributed by atoms with Crippen LogP contribution in [-0.4, -0.2) is 4.98 Å². The van der Waals surface area contributed by atoms with E-state index in [2.05, 4.69) is 22.4 Å². The van der Waals surface area contributed by atoms with E-state index >= 15 is 0 Å². The van der Waals surface area contributed by atoms with Gasteiger partial charge in [0, 0.05) is 23.6 Å². The maximum absolute atomic E-state index is 6.15. The Morgan fingerprint density at radius 1 is 1.00 bits per heavy atom. The quantitative estimate of drug-likeness (QED) is 0.691. The molecule has 3 aromatic rings. The number of para-hydroxylation sites is 1. The monoisotopic (exact) mass is 290 g/mol. The number of hydrogen-bond acceptors (Lipinski definition) is 1. The number of rotatable bonds is 3. The summed E-state index contributed by atoms with van der Waals surface area (Å²) in [5.41, 5.74) is 3.18. The minimum atomic E-state index is 0.559. The molecule has 1 heterocycles. The van der Waals surface area contributed by atoms with E-state index in [9.17, 15) is 0 Å². The second kappa shape index (κ2) is 5.16. The molecule has 0 spiro atoms. The Morgan fingerprint density at radius 3 is 2.74 bits per heavy atom. The molecule has 0 saturated heterocycles. The molecule has 2 aromatic carbocycles. The van der Waals surface area contributed by atoms with Crippen LogP contribution in [0.1, 0.15) is 5.56 Å². The van der Waals surface area contributed by atoms with E-state index in [4.69, 9.17) is 23.2 Å². The third-order valence-corrected chi connectivity index (χ3v) is 3.91. The van der Waals surface area contributed by atoms with Crippen LogP contribution >= 0.6 is 23.2 Å². The molecular formula is C15H12Cl2N2. The number of hydrogen-bond donors (Lipinski definition) is 2. The van der Waals surface area contributed by atoms with E-state index in [1.165, 1.54) is 10.9 Å². The van der Waals surface area contributed by atoms with Gasteiger partial charge in [0.2, 0.25) is 0 Å². The molecule has 0 saturated carbocycles. The van der Waals surface area contributed by atoms with Gasteiger partial charge in [-0.1, -0.05) is 47.5 Å². The van der Waals surface area contributed by atoms with E-state index in [1.807, 2.05) is 30.5 Å². The van der Waals surface area contributed by atoms with Crippen LogP contribution in [0.15, 0.2) is 48.7 Å². The Kier molecular flexibility index (Phi) is 3.36. The predicted octanol–water partition coefficient (Wildman–Crippen LogP) is 5.09. The fourth-order valence-electron chi connectivity index (χ4n) is 2.11. The Hall–Kier alpha value is -1.64. The van der Waals surface area contributed by atoms with Gasteiger partial charge >= 0.3 is 0 Å². The summed E-state index contributed by atoms with van der Waals surface area (Å²) in [7, 11) is 0. The van der Waals surface area contributed by atoms with Gasteiger partial charge < -0.3 is 10.3 Å². The first-order valence-electron chi connectivity index (χ1n) is 5.98. The van der Waals surface area contributed by atoms with Gasteiger partial charge in [0.1, 0.15) is 0 Å². The first kappa shape index (κ1) is 12.4. The number of benzene rings is 2. The van der Waals surface area contributed by atoms with Crippen LogP contribution in [0.5, 0.6) is 0 Å². The van der Waals surface area contributed by atoms with Crippen molar-refractivity contribution in [3.8, 4) is 0 Å². The van der Waals surface area contributed by atoms with Crippen molar-refractivity contribution in [2.45, 2.75) is 6.54 Å². The van der Waals surface area contributed by atoms with Gasteiger partial charge in [-0.3, -0.25) is 0 Å². The first-order chi connectivity index (χ1) is 9.25. The second-order valence-corrected chi connectivity index (χ2v) is 5.10. The highest BCUT2D eigenvalue weighted by molar-refractivity contribution is 6.43. The molecule has 3 rings (SSSR count). The van der Waals surface area contributed by atoms with E-state index in [0.29, 0.717) is 16.6 Å². The topological polar surface area (TPSA) is 27.8 Å². The lowest BCUT2D eigenvalue weighted by atomic mass is 10.2. The molecule has 2 N–H and O–H groups in total. The molecule has 0 aliphatic carbocycles. The highest BCUT2D eigenvalue weighted by Crippen LogP contribution is 2.30. The molecule has 19 heavy (non-hydrogen) atoms. The van der Waals surface area contributed by atoms with Crippen molar-refractivity contribution in [1.29, 1.82) is 0 Å². The lowest BCUT2D eigenvalue weighted by Gasteiger charge is -2.08. The molecule has 4 heteroatoms. The molecule has 96 valence electrons. The lowest BCUT2D eigenvalue weighted by molar-refractivity contribution is 1.16. The molecule has 0 atom stereocenters. The van der Waals surface area contributed by atoms with Crippen LogP contribution < -0.4 is 5.32 Å². The number of anilines is 1. The summed E-state index contributed by atoms with van der Waals surface area (Å²) in [6, 6.07) is 13.8. The van der Waals surface area contributed by atoms with Crippen molar-refractivity contribution in [3.63, 3.8) is 0 Å². The average Bonchev–Trinajstić information content (AvgIpc) is 2.84. The number of halogens is 2. The van der Waals surface area contributed by atoms with Gasteiger partial charge in [-0.15, -0.1) is 0 Å². The fraction of sp³-hybridized carbons (Fsp3) is 0.0667. The van der Waals surface area contributed by atoms with Gasteiger partial charge in [0.05, 0.1) is 15.7 Å². The fourth-order valence-corrected chi connectivity index (χ4v) is 2.48. The van der Waals surface area contributed by atoms with Crippen LogP contribution in [0.2, 0.25) is 10.0 Å². The van der Waals surface area contributed by atoms with E-state index in [0.717, 1.165) is 11.2 Å². The Morgan fingerprint density at radius 2 is 1.84 bits per heavy atom. The van der Waals surface area contributed by atoms with Crippen molar-refractivity contribution in [2.75, 3.05) is 5.32 Å². The second-order valence-electron chi connectivity index (χ2n) is 4.31. The van der Waals surface area contributed by atoms with Gasteiger partial charge in [0.15, 0.2) is 0 Å². The zero-order chi connectivity index (χ0) is 13.2. The Bertz CT molecular complexity index is 719. The summed E-state index contributed by atoms with van der Waals surface area (Å²) < 4.78 is 0. The predicted molar refractivity (Wildman–Crippen MR) is 82.1 cm³/mol. The third kappa shape index (κ3) is 2.42. The molecule has 0 aliphatic rings. The minimum Gasteiger partial charge on any atom is -0.380 e. The van der Waals surface area contributed by atoms with Crippen LogP contribution in [0.25, 0.3) is 10.9 Å². The molecule has 0 aliphatic heterocycles. The first-order valence-corrected chi connectivity index (χ1v) is 6.74. The highest BCUT2D eigenvalue weighted by atomic mass is 35.5. The number of nitrogens with one attached hydrogen (secondary N) is 2. The van der Waals surface area contributed by atoms with Crippen molar-refractivity contribution in [2.24, 2.45) is 0 Å². The molecule has 0 radical (unpaired) electrons. The van der Waals surface area contributed by atoms with Crippen LogP contribution in [0, 0.1) is 0 Å². The van der Waals surface area contributed by atoms with Crippen LogP contribution in [0.3, 0.4) is 0 Å². The standard InChI is InChI=1S/C15H12Cl2N2/c16-12-5-3-7-14(15(12)17)19-9-10-8-18-13-6-2-1-4-11(10)13/h1-8,18-19H,9H2. The smallest absolute Gasteiger partial charge is 0.0823 e. The summed E-state index contributed by atoms with van der Waals surface area (Å²) in [6.45, 7) is 0.698. The molecule has 1 aromatic heterocycles. The van der Waals surface area contributed by atoms with E-state index in [-0.39, 0.29) is 0 Å². The zero-order valence-electron chi connectivity index (χ0n) is 10.1. The summed E-state index contributed by atoms with van der Waals surface area (Å²) >= 11 is 12.1. The molecule has 0 unspecified atom stereocenters. The zero-order valence-corrected chi connectivity index (χ0v) is 11.6. The number of fused-ring (bicyclic) bond motifs is 1. The third-order valence-electron chi connectivity index (χ3n) is 3.10. The van der Waals surface area contributed by atoms with Crippen molar-refractivity contribution < 1.29 is 0 Å². The number of aromatic nitrogens is 1. The molecule has 0 amide bonds. The van der Waals surface area contributed by atoms with Crippen molar-refractivity contribution in [1.82, 2.24) is 4.98 Å².